The van der Waals surface area contributed by atoms with Crippen molar-refractivity contribution in [2.75, 3.05) is 6.61 Å². The summed E-state index contributed by atoms with van der Waals surface area (Å²) in [6, 6.07) is 0. The summed E-state index contributed by atoms with van der Waals surface area (Å²) in [4.78, 5) is 4.05. The fourth-order valence-electron chi connectivity index (χ4n) is 1.13. The first kappa shape index (κ1) is 7.06. The van der Waals surface area contributed by atoms with Crippen molar-refractivity contribution in [1.29, 1.82) is 0 Å². The molecule has 0 aromatic heterocycles. The summed E-state index contributed by atoms with van der Waals surface area (Å²) in [5.74, 6) is 0.819. The Morgan fingerprint density at radius 3 is 3.27 bits per heavy atom. The van der Waals surface area contributed by atoms with Crippen molar-refractivity contribution in [3.05, 3.63) is 23.5 Å². The molecule has 2 aliphatic heterocycles. The van der Waals surface area contributed by atoms with Gasteiger partial charge in [0.15, 0.2) is 4.57 Å². The third-order valence-corrected chi connectivity index (χ3v) is 2.29. The molecule has 0 aromatic rings. The van der Waals surface area contributed by atoms with E-state index in [0.29, 0.717) is 6.61 Å². The average molecular weight is 215 g/mol. The Morgan fingerprint density at radius 1 is 1.73 bits per heavy atom. The lowest BCUT2D eigenvalue weighted by Crippen LogP contribution is -2.34. The Kier molecular flexibility index (Phi) is 1.40. The topological polar surface area (TPSA) is 47.6 Å². The van der Waals surface area contributed by atoms with Gasteiger partial charge in [0.2, 0.25) is 0 Å². The first-order valence-corrected chi connectivity index (χ1v) is 4.06. The number of dihydropyridines is 1. The highest BCUT2D eigenvalue weighted by molar-refractivity contribution is 9.10. The van der Waals surface area contributed by atoms with Crippen molar-refractivity contribution in [3.8, 4) is 0 Å². The summed E-state index contributed by atoms with van der Waals surface area (Å²) < 4.78 is 4.49. The highest BCUT2D eigenvalue weighted by Crippen LogP contribution is 2.34. The maximum atomic E-state index is 5.79. The number of fused-ring (bicyclic) bond motifs is 1. The largest absolute Gasteiger partial charge is 0.489 e. The molecule has 2 N–H and O–H groups in total. The van der Waals surface area contributed by atoms with Gasteiger partial charge in [0, 0.05) is 11.8 Å². The van der Waals surface area contributed by atoms with Crippen molar-refractivity contribution >= 4 is 22.1 Å². The van der Waals surface area contributed by atoms with E-state index in [0.717, 1.165) is 11.3 Å². The van der Waals surface area contributed by atoms with Crippen LogP contribution in [0.25, 0.3) is 0 Å². The predicted octanol–water partition coefficient (Wildman–Crippen LogP) is 0.919. The molecule has 3 nitrogen and oxygen atoms in total. The fourth-order valence-corrected chi connectivity index (χ4v) is 1.61. The van der Waals surface area contributed by atoms with Crippen molar-refractivity contribution in [1.82, 2.24) is 0 Å². The Labute approximate surface area is 72.8 Å². The number of hydrogen-bond donors (Lipinski definition) is 1. The number of nitrogens with two attached hydrogens (primary N) is 1. The maximum Gasteiger partial charge on any atom is 0.193 e. The van der Waals surface area contributed by atoms with Crippen LogP contribution in [0.1, 0.15) is 0 Å². The summed E-state index contributed by atoms with van der Waals surface area (Å²) in [5, 5.41) is 0. The number of halogens is 1. The third kappa shape index (κ3) is 1.02. The van der Waals surface area contributed by atoms with Crippen molar-refractivity contribution < 1.29 is 4.74 Å². The molecule has 0 spiro atoms. The lowest BCUT2D eigenvalue weighted by atomic mass is 10.1. The maximum absolute atomic E-state index is 5.79. The van der Waals surface area contributed by atoms with Crippen LogP contribution in [-0.4, -0.2) is 17.4 Å². The van der Waals surface area contributed by atoms with Crippen molar-refractivity contribution in [2.45, 2.75) is 4.57 Å². The zero-order chi connectivity index (χ0) is 7.90. The molecular weight excluding hydrogens is 208 g/mol. The minimum absolute atomic E-state index is 0.592. The summed E-state index contributed by atoms with van der Waals surface area (Å²) in [6.45, 7) is 0.592. The molecule has 0 fully saturated rings. The molecule has 1 unspecified atom stereocenters. The Balaban J connectivity index is 2.46. The summed E-state index contributed by atoms with van der Waals surface area (Å²) >= 11 is 3.29. The molecule has 2 aliphatic rings. The quantitative estimate of drug-likeness (QED) is 0.482. The number of ether oxygens (including phenoxy) is 1. The van der Waals surface area contributed by atoms with Gasteiger partial charge >= 0.3 is 0 Å². The van der Waals surface area contributed by atoms with Crippen molar-refractivity contribution in [2.24, 2.45) is 10.7 Å². The molecule has 0 saturated carbocycles. The Morgan fingerprint density at radius 2 is 2.55 bits per heavy atom. The van der Waals surface area contributed by atoms with Gasteiger partial charge in [0.25, 0.3) is 0 Å². The van der Waals surface area contributed by atoms with Crippen LogP contribution < -0.4 is 5.73 Å². The van der Waals surface area contributed by atoms with Crippen LogP contribution in [-0.2, 0) is 4.74 Å². The highest BCUT2D eigenvalue weighted by Gasteiger charge is 2.33. The van der Waals surface area contributed by atoms with Crippen LogP contribution in [0.15, 0.2) is 28.5 Å². The van der Waals surface area contributed by atoms with E-state index in [9.17, 15) is 0 Å². The van der Waals surface area contributed by atoms with Gasteiger partial charge in [0.1, 0.15) is 12.4 Å². The van der Waals surface area contributed by atoms with Crippen LogP contribution in [0.4, 0.5) is 0 Å². The highest BCUT2D eigenvalue weighted by atomic mass is 79.9. The number of alkyl halides is 1. The molecule has 1 atom stereocenters. The molecule has 0 aliphatic carbocycles. The van der Waals surface area contributed by atoms with Crippen LogP contribution in [0.2, 0.25) is 0 Å². The lowest BCUT2D eigenvalue weighted by Gasteiger charge is -2.21. The van der Waals surface area contributed by atoms with Crippen LogP contribution in [0, 0.1) is 0 Å². The third-order valence-electron chi connectivity index (χ3n) is 1.66. The van der Waals surface area contributed by atoms with Crippen LogP contribution in [0.5, 0.6) is 0 Å². The van der Waals surface area contributed by atoms with E-state index in [1.807, 2.05) is 12.2 Å². The number of allylic oxidation sites excluding steroid dienone is 1. The molecule has 58 valence electrons. The number of hydrogen-bond acceptors (Lipinski definition) is 3. The van der Waals surface area contributed by atoms with Gasteiger partial charge in [-0.15, -0.1) is 0 Å². The van der Waals surface area contributed by atoms with Gasteiger partial charge in [-0.05, 0) is 28.1 Å². The second-order valence-electron chi connectivity index (χ2n) is 2.41. The molecule has 0 radical (unpaired) electrons. The van der Waals surface area contributed by atoms with Crippen molar-refractivity contribution in [3.63, 3.8) is 0 Å². The molecule has 2 heterocycles. The molecule has 0 amide bonds. The first-order valence-electron chi connectivity index (χ1n) is 3.27. The van der Waals surface area contributed by atoms with Crippen LogP contribution >= 0.6 is 15.9 Å². The molecule has 0 bridgehead atoms. The van der Waals surface area contributed by atoms with E-state index in [-0.39, 0.29) is 0 Å². The summed E-state index contributed by atoms with van der Waals surface area (Å²) in [5.41, 5.74) is 6.71. The fraction of sp³-hybridized carbons (Fsp3) is 0.286. The number of nitrogens with zero attached hydrogens (tertiary/aromatic N) is 1. The standard InChI is InChI=1S/C7H7BrN2O/c8-7(9)5-2-4-11-6(5)1-3-10-7/h1-3H,4,9H2. The molecule has 2 rings (SSSR count). The molecular formula is C7H7BrN2O. The second-order valence-corrected chi connectivity index (χ2v) is 3.62. The monoisotopic (exact) mass is 214 g/mol. The molecule has 0 aromatic carbocycles. The van der Waals surface area contributed by atoms with E-state index in [2.05, 4.69) is 20.9 Å². The van der Waals surface area contributed by atoms with Gasteiger partial charge < -0.3 is 4.74 Å². The van der Waals surface area contributed by atoms with E-state index >= 15 is 0 Å². The van der Waals surface area contributed by atoms with Gasteiger partial charge in [-0.1, -0.05) is 0 Å². The number of aliphatic imine (C=N–C) groups is 1. The summed E-state index contributed by atoms with van der Waals surface area (Å²) in [6.07, 6.45) is 5.38. The van der Waals surface area contributed by atoms with Gasteiger partial charge in [-0.25, -0.2) is 0 Å². The predicted molar refractivity (Wildman–Crippen MR) is 46.5 cm³/mol. The normalized spacial score (nSPS) is 34.0. The lowest BCUT2D eigenvalue weighted by molar-refractivity contribution is 0.273. The van der Waals surface area contributed by atoms with E-state index in [4.69, 9.17) is 10.5 Å². The Hall–Kier alpha value is -0.610. The second kappa shape index (κ2) is 2.19. The van der Waals surface area contributed by atoms with Gasteiger partial charge in [-0.2, -0.15) is 0 Å². The molecule has 11 heavy (non-hydrogen) atoms. The van der Waals surface area contributed by atoms with E-state index in [1.54, 1.807) is 6.21 Å². The minimum Gasteiger partial charge on any atom is -0.489 e. The first-order chi connectivity index (χ1) is 5.20. The molecule has 0 saturated heterocycles. The van der Waals surface area contributed by atoms with E-state index in [1.165, 1.54) is 0 Å². The van der Waals surface area contributed by atoms with Crippen LogP contribution in [0.3, 0.4) is 0 Å². The van der Waals surface area contributed by atoms with E-state index < -0.39 is 4.57 Å². The summed E-state index contributed by atoms with van der Waals surface area (Å²) in [7, 11) is 0. The average Bonchev–Trinajstić information content (AvgIpc) is 2.34. The van der Waals surface area contributed by atoms with Gasteiger partial charge in [-0.3, -0.25) is 10.7 Å². The zero-order valence-electron chi connectivity index (χ0n) is 5.75. The Bertz CT molecular complexity index is 278. The molecule has 4 heteroatoms. The zero-order valence-corrected chi connectivity index (χ0v) is 7.34. The minimum atomic E-state index is -0.770. The van der Waals surface area contributed by atoms with Gasteiger partial charge in [0.05, 0.1) is 0 Å². The number of rotatable bonds is 0. The SMILES string of the molecule is NC1(Br)N=CC=C2OCC=C21. The smallest absolute Gasteiger partial charge is 0.193 e.